The number of anilines is 1. The number of benzene rings is 2. The van der Waals surface area contributed by atoms with Gasteiger partial charge in [-0.2, -0.15) is 5.26 Å². The van der Waals surface area contributed by atoms with Crippen LogP contribution in [0, 0.1) is 11.3 Å². The number of carbonyl (C=O) groups is 1. The van der Waals surface area contributed by atoms with Crippen LogP contribution in [0.5, 0.6) is 0 Å². The second-order valence-electron chi connectivity index (χ2n) is 5.58. The molecule has 1 heterocycles. The van der Waals surface area contributed by atoms with Gasteiger partial charge >= 0.3 is 0 Å². The summed E-state index contributed by atoms with van der Waals surface area (Å²) in [6.07, 6.45) is 1.33. The van der Waals surface area contributed by atoms with Gasteiger partial charge in [0.1, 0.15) is 23.2 Å². The molecule has 0 fully saturated rings. The van der Waals surface area contributed by atoms with Crippen LogP contribution in [0.4, 0.5) is 5.69 Å². The first-order chi connectivity index (χ1) is 13.4. The molecule has 3 aromatic rings. The third-order valence-corrected chi connectivity index (χ3v) is 4.95. The summed E-state index contributed by atoms with van der Waals surface area (Å²) >= 11 is 23.8. The predicted molar refractivity (Wildman–Crippen MR) is 113 cm³/mol. The van der Waals surface area contributed by atoms with Gasteiger partial charge in [0.2, 0.25) is 0 Å². The van der Waals surface area contributed by atoms with E-state index >= 15 is 0 Å². The average Bonchev–Trinajstić information content (AvgIpc) is 3.13. The van der Waals surface area contributed by atoms with Gasteiger partial charge < -0.3 is 9.73 Å². The molecule has 0 aliphatic carbocycles. The fraction of sp³-hybridized carbons (Fsp3) is 0. The van der Waals surface area contributed by atoms with E-state index in [1.54, 1.807) is 42.5 Å². The first kappa shape index (κ1) is 20.3. The molecular weight excluding hydrogens is 442 g/mol. The molecule has 0 unspecified atom stereocenters. The zero-order valence-corrected chi connectivity index (χ0v) is 17.0. The third kappa shape index (κ3) is 4.70. The molecule has 28 heavy (non-hydrogen) atoms. The van der Waals surface area contributed by atoms with E-state index in [-0.39, 0.29) is 10.6 Å². The molecular formula is C20H10Cl4N2O2. The van der Waals surface area contributed by atoms with E-state index in [2.05, 4.69) is 5.32 Å². The summed E-state index contributed by atoms with van der Waals surface area (Å²) in [5.74, 6) is 0.220. The Hall–Kier alpha value is -2.42. The highest BCUT2D eigenvalue weighted by Crippen LogP contribution is 2.30. The molecule has 0 aliphatic heterocycles. The van der Waals surface area contributed by atoms with E-state index in [1.165, 1.54) is 12.1 Å². The van der Waals surface area contributed by atoms with Crippen molar-refractivity contribution in [3.05, 3.63) is 80.0 Å². The van der Waals surface area contributed by atoms with Crippen molar-refractivity contribution in [1.82, 2.24) is 0 Å². The molecule has 0 atom stereocenters. The minimum Gasteiger partial charge on any atom is -0.457 e. The van der Waals surface area contributed by atoms with Gasteiger partial charge in [0, 0.05) is 16.7 Å². The summed E-state index contributed by atoms with van der Waals surface area (Å²) in [5.41, 5.74) is 0.902. The Balaban J connectivity index is 1.82. The molecule has 1 aromatic heterocycles. The highest BCUT2D eigenvalue weighted by molar-refractivity contribution is 6.42. The average molecular weight is 452 g/mol. The van der Waals surface area contributed by atoms with Crippen molar-refractivity contribution in [3.63, 3.8) is 0 Å². The van der Waals surface area contributed by atoms with Gasteiger partial charge in [0.15, 0.2) is 0 Å². The Labute approximate surface area is 180 Å². The number of halogens is 4. The molecule has 0 saturated carbocycles. The zero-order chi connectivity index (χ0) is 20.3. The van der Waals surface area contributed by atoms with Crippen LogP contribution < -0.4 is 5.32 Å². The fourth-order valence-corrected chi connectivity index (χ4v) is 3.06. The number of furan rings is 1. The van der Waals surface area contributed by atoms with Gasteiger partial charge in [-0.05, 0) is 48.5 Å². The van der Waals surface area contributed by atoms with Crippen molar-refractivity contribution in [2.75, 3.05) is 5.32 Å². The van der Waals surface area contributed by atoms with Crippen molar-refractivity contribution in [1.29, 1.82) is 5.26 Å². The van der Waals surface area contributed by atoms with E-state index in [4.69, 9.17) is 50.8 Å². The van der Waals surface area contributed by atoms with Crippen LogP contribution >= 0.6 is 46.4 Å². The Bertz CT molecular complexity index is 1130. The molecule has 1 amide bonds. The van der Waals surface area contributed by atoms with Gasteiger partial charge in [0.05, 0.1) is 20.8 Å². The van der Waals surface area contributed by atoms with Crippen LogP contribution in [0.15, 0.2) is 58.5 Å². The topological polar surface area (TPSA) is 66.0 Å². The molecule has 0 aliphatic rings. The van der Waals surface area contributed by atoms with Crippen LogP contribution in [-0.2, 0) is 4.79 Å². The second kappa shape index (κ2) is 8.72. The Kier molecular flexibility index (Phi) is 6.33. The molecule has 0 bridgehead atoms. The van der Waals surface area contributed by atoms with Gasteiger partial charge in [-0.15, -0.1) is 0 Å². The Morgan fingerprint density at radius 2 is 1.75 bits per heavy atom. The molecule has 140 valence electrons. The summed E-state index contributed by atoms with van der Waals surface area (Å²) in [5, 5.41) is 13.4. The van der Waals surface area contributed by atoms with Crippen molar-refractivity contribution in [2.45, 2.75) is 0 Å². The summed E-state index contributed by atoms with van der Waals surface area (Å²) < 4.78 is 5.68. The van der Waals surface area contributed by atoms with Crippen LogP contribution in [0.2, 0.25) is 20.1 Å². The summed E-state index contributed by atoms with van der Waals surface area (Å²) in [6, 6.07) is 14.9. The number of nitrogens with one attached hydrogen (secondary N) is 1. The number of nitriles is 1. The van der Waals surface area contributed by atoms with E-state index in [9.17, 15) is 10.1 Å². The summed E-state index contributed by atoms with van der Waals surface area (Å²) in [6.45, 7) is 0. The lowest BCUT2D eigenvalue weighted by Gasteiger charge is -2.06. The molecule has 8 heteroatoms. The largest absolute Gasteiger partial charge is 0.457 e. The van der Waals surface area contributed by atoms with E-state index < -0.39 is 5.91 Å². The third-order valence-electron chi connectivity index (χ3n) is 3.66. The molecule has 4 nitrogen and oxygen atoms in total. The monoisotopic (exact) mass is 450 g/mol. The minimum atomic E-state index is -0.626. The number of nitrogens with zero attached hydrogens (tertiary/aromatic N) is 1. The summed E-state index contributed by atoms with van der Waals surface area (Å²) in [7, 11) is 0. The summed E-state index contributed by atoms with van der Waals surface area (Å²) in [4.78, 5) is 12.4. The van der Waals surface area contributed by atoms with E-state index in [1.807, 2.05) is 6.07 Å². The second-order valence-corrected chi connectivity index (χ2v) is 7.24. The van der Waals surface area contributed by atoms with Crippen molar-refractivity contribution in [3.8, 4) is 17.4 Å². The Morgan fingerprint density at radius 3 is 2.43 bits per heavy atom. The number of rotatable bonds is 4. The molecule has 0 spiro atoms. The van der Waals surface area contributed by atoms with Crippen LogP contribution in [0.1, 0.15) is 5.76 Å². The van der Waals surface area contributed by atoms with Crippen LogP contribution in [0.3, 0.4) is 0 Å². The first-order valence-electron chi connectivity index (χ1n) is 7.81. The molecule has 3 rings (SSSR count). The van der Waals surface area contributed by atoms with Gasteiger partial charge in [-0.3, -0.25) is 4.79 Å². The molecule has 0 radical (unpaired) electrons. The van der Waals surface area contributed by atoms with Crippen molar-refractivity contribution in [2.24, 2.45) is 0 Å². The quantitative estimate of drug-likeness (QED) is 0.339. The maximum absolute atomic E-state index is 12.4. The zero-order valence-electron chi connectivity index (χ0n) is 14.0. The standard InChI is InChI=1S/C20H10Cl4N2O2/c21-13-2-5-18(17(24)9-13)26-20(27)12(10-25)7-14-3-6-19(28-14)11-1-4-15(22)16(23)8-11/h1-9H,(H,26,27)/b12-7+. The predicted octanol–water partition coefficient (Wildman–Crippen LogP) is 7.11. The highest BCUT2D eigenvalue weighted by Gasteiger charge is 2.13. The van der Waals surface area contributed by atoms with Crippen molar-refractivity contribution < 1.29 is 9.21 Å². The first-order valence-corrected chi connectivity index (χ1v) is 9.32. The van der Waals surface area contributed by atoms with E-state index in [0.717, 1.165) is 0 Å². The van der Waals surface area contributed by atoms with Crippen LogP contribution in [-0.4, -0.2) is 5.91 Å². The maximum atomic E-state index is 12.4. The lowest BCUT2D eigenvalue weighted by Crippen LogP contribution is -2.13. The number of carbonyl (C=O) groups excluding carboxylic acids is 1. The molecule has 0 saturated heterocycles. The lowest BCUT2D eigenvalue weighted by molar-refractivity contribution is -0.112. The van der Waals surface area contributed by atoms with Gasteiger partial charge in [0.25, 0.3) is 5.91 Å². The normalized spacial score (nSPS) is 11.2. The smallest absolute Gasteiger partial charge is 0.266 e. The fourth-order valence-electron chi connectivity index (χ4n) is 2.31. The van der Waals surface area contributed by atoms with Gasteiger partial charge in [-0.1, -0.05) is 46.4 Å². The van der Waals surface area contributed by atoms with Gasteiger partial charge in [-0.25, -0.2) is 0 Å². The maximum Gasteiger partial charge on any atom is 0.266 e. The van der Waals surface area contributed by atoms with Crippen LogP contribution in [0.25, 0.3) is 17.4 Å². The number of hydrogen-bond donors (Lipinski definition) is 1. The molecule has 1 N–H and O–H groups in total. The van der Waals surface area contributed by atoms with E-state index in [0.29, 0.717) is 37.8 Å². The number of hydrogen-bond acceptors (Lipinski definition) is 3. The SMILES string of the molecule is N#C/C(=C\c1ccc(-c2ccc(Cl)c(Cl)c2)o1)C(=O)Nc1ccc(Cl)cc1Cl. The molecule has 2 aromatic carbocycles. The highest BCUT2D eigenvalue weighted by atomic mass is 35.5. The lowest BCUT2D eigenvalue weighted by atomic mass is 10.2. The Morgan fingerprint density at radius 1 is 0.964 bits per heavy atom. The number of amides is 1. The minimum absolute atomic E-state index is 0.152. The van der Waals surface area contributed by atoms with Crippen molar-refractivity contribution >= 4 is 64.1 Å².